The predicted octanol–water partition coefficient (Wildman–Crippen LogP) is 1.73. The fourth-order valence-electron chi connectivity index (χ4n) is 3.97. The van der Waals surface area contributed by atoms with Crippen molar-refractivity contribution in [1.82, 2.24) is 9.80 Å². The highest BCUT2D eigenvalue weighted by atomic mass is 15.3. The molecule has 3 rings (SSSR count). The summed E-state index contributed by atoms with van der Waals surface area (Å²) in [6.45, 7) is 3.31. The monoisotopic (exact) mass is 248 g/mol. The molecule has 0 aromatic heterocycles. The lowest BCUT2D eigenvalue weighted by Crippen LogP contribution is -2.46. The first-order chi connectivity index (χ1) is 8.58. The van der Waals surface area contributed by atoms with Crippen LogP contribution >= 0.6 is 0 Å². The van der Waals surface area contributed by atoms with Crippen LogP contribution in [0.25, 0.3) is 0 Å². The summed E-state index contributed by atoms with van der Waals surface area (Å²) in [5, 5.41) is 8.53. The number of piperidine rings is 1. The Balaban J connectivity index is 1.82. The highest BCUT2D eigenvalue weighted by Gasteiger charge is 2.42. The molecule has 3 aliphatic heterocycles. The Hall–Kier alpha value is -1.19. The third kappa shape index (κ3) is 1.70. The third-order valence-corrected chi connectivity index (χ3v) is 4.93. The molecule has 4 heteroatoms. The summed E-state index contributed by atoms with van der Waals surface area (Å²) in [5.74, 6) is 2.36. The number of nitrogens with zero attached hydrogens (tertiary/aromatic N) is 2. The molecule has 0 aromatic rings. The molecule has 18 heavy (non-hydrogen) atoms. The number of fused-ring (bicyclic) bond motifs is 2. The van der Waals surface area contributed by atoms with Gasteiger partial charge >= 0.3 is 0 Å². The van der Waals surface area contributed by atoms with Gasteiger partial charge in [0, 0.05) is 31.2 Å². The maximum absolute atomic E-state index is 8.53. The van der Waals surface area contributed by atoms with E-state index in [2.05, 4.69) is 16.7 Å². The largest absolute Gasteiger partial charge is 0.385 e. The van der Waals surface area contributed by atoms with Crippen LogP contribution in [0.4, 0.5) is 0 Å². The summed E-state index contributed by atoms with van der Waals surface area (Å²) in [6, 6.07) is 1.19. The predicted molar refractivity (Wildman–Crippen MR) is 73.2 cm³/mol. The van der Waals surface area contributed by atoms with Crippen LogP contribution in [0.15, 0.2) is 11.4 Å². The van der Waals surface area contributed by atoms with Crippen LogP contribution in [0.3, 0.4) is 0 Å². The van der Waals surface area contributed by atoms with Crippen LogP contribution in [0.2, 0.25) is 0 Å². The van der Waals surface area contributed by atoms with E-state index in [1.807, 2.05) is 7.05 Å². The van der Waals surface area contributed by atoms with Crippen molar-refractivity contribution in [1.29, 1.82) is 5.41 Å². The van der Waals surface area contributed by atoms with Crippen molar-refractivity contribution in [2.24, 2.45) is 11.7 Å². The van der Waals surface area contributed by atoms with Gasteiger partial charge in [0.05, 0.1) is 0 Å². The van der Waals surface area contributed by atoms with E-state index < -0.39 is 0 Å². The molecule has 2 atom stereocenters. The Morgan fingerprint density at radius 2 is 1.89 bits per heavy atom. The lowest BCUT2D eigenvalue weighted by Gasteiger charge is -2.40. The molecule has 0 spiro atoms. The van der Waals surface area contributed by atoms with E-state index in [0.717, 1.165) is 36.1 Å². The molecule has 4 nitrogen and oxygen atoms in total. The normalized spacial score (nSPS) is 35.6. The summed E-state index contributed by atoms with van der Waals surface area (Å²) < 4.78 is 0. The first-order valence-corrected chi connectivity index (χ1v) is 7.15. The zero-order valence-corrected chi connectivity index (χ0v) is 11.4. The minimum absolute atomic E-state index is 0.595. The summed E-state index contributed by atoms with van der Waals surface area (Å²) in [5.41, 5.74) is 7.18. The van der Waals surface area contributed by atoms with E-state index in [4.69, 9.17) is 11.1 Å². The minimum Gasteiger partial charge on any atom is -0.385 e. The molecule has 3 N–H and O–H groups in total. The number of amidine groups is 1. The van der Waals surface area contributed by atoms with E-state index in [1.165, 1.54) is 25.7 Å². The Kier molecular flexibility index (Phi) is 2.76. The molecule has 0 aliphatic carbocycles. The molecule has 2 bridgehead atoms. The topological polar surface area (TPSA) is 56.4 Å². The minimum atomic E-state index is 0.595. The maximum Gasteiger partial charge on any atom is 0.128 e. The Morgan fingerprint density at radius 3 is 2.39 bits per heavy atom. The molecule has 0 amide bonds. The third-order valence-electron chi connectivity index (χ3n) is 4.93. The lowest BCUT2D eigenvalue weighted by molar-refractivity contribution is 0.188. The van der Waals surface area contributed by atoms with Crippen LogP contribution in [-0.2, 0) is 0 Å². The number of hydrogen-bond acceptors (Lipinski definition) is 3. The summed E-state index contributed by atoms with van der Waals surface area (Å²) >= 11 is 0. The molecular formula is C14H24N4. The summed E-state index contributed by atoms with van der Waals surface area (Å²) in [6.07, 6.45) is 5.97. The second-order valence-electron chi connectivity index (χ2n) is 6.25. The van der Waals surface area contributed by atoms with Crippen molar-refractivity contribution < 1.29 is 0 Å². The average molecular weight is 248 g/mol. The van der Waals surface area contributed by atoms with Gasteiger partial charge < -0.3 is 15.5 Å². The van der Waals surface area contributed by atoms with E-state index >= 15 is 0 Å². The molecule has 3 heterocycles. The second-order valence-corrected chi connectivity index (χ2v) is 6.25. The van der Waals surface area contributed by atoms with Gasteiger partial charge in [-0.1, -0.05) is 6.92 Å². The van der Waals surface area contributed by atoms with E-state index in [9.17, 15) is 0 Å². The van der Waals surface area contributed by atoms with Crippen LogP contribution < -0.4 is 5.73 Å². The molecule has 3 aliphatic rings. The standard InChI is InChI=1S/C14H24N4/c1-9-7-10-3-4-11(8-9)18(10)14(16)12-5-6-17(2)13(12)15/h9-11,16H,3-8,15H2,1-2H3. The van der Waals surface area contributed by atoms with Gasteiger partial charge in [0.25, 0.3) is 0 Å². The number of nitrogens with two attached hydrogens (primary N) is 1. The maximum atomic E-state index is 8.53. The van der Waals surface area contributed by atoms with Gasteiger partial charge in [0.15, 0.2) is 0 Å². The molecular weight excluding hydrogens is 224 g/mol. The van der Waals surface area contributed by atoms with Crippen molar-refractivity contribution in [2.45, 2.75) is 51.1 Å². The van der Waals surface area contributed by atoms with Crippen molar-refractivity contribution in [3.63, 3.8) is 0 Å². The van der Waals surface area contributed by atoms with Gasteiger partial charge in [-0.15, -0.1) is 0 Å². The summed E-state index contributed by atoms with van der Waals surface area (Å²) in [7, 11) is 2.02. The van der Waals surface area contributed by atoms with Gasteiger partial charge in [0.1, 0.15) is 11.7 Å². The molecule has 100 valence electrons. The quantitative estimate of drug-likeness (QED) is 0.549. The first-order valence-electron chi connectivity index (χ1n) is 7.15. The van der Waals surface area contributed by atoms with Crippen LogP contribution in [-0.4, -0.2) is 41.3 Å². The van der Waals surface area contributed by atoms with Crippen LogP contribution in [0, 0.1) is 11.3 Å². The molecule has 0 saturated carbocycles. The SMILES string of the molecule is CC1CC2CCC(C1)N2C(=N)C1=C(N)N(C)CC1. The molecule has 2 fully saturated rings. The second kappa shape index (κ2) is 4.18. The molecule has 0 aromatic carbocycles. The van der Waals surface area contributed by atoms with Crippen molar-refractivity contribution in [2.75, 3.05) is 13.6 Å². The highest BCUT2D eigenvalue weighted by molar-refractivity contribution is 5.97. The molecule has 0 radical (unpaired) electrons. The molecule has 2 unspecified atom stereocenters. The van der Waals surface area contributed by atoms with Crippen molar-refractivity contribution >= 4 is 5.84 Å². The van der Waals surface area contributed by atoms with E-state index in [0.29, 0.717) is 12.1 Å². The average Bonchev–Trinajstić information content (AvgIpc) is 2.79. The van der Waals surface area contributed by atoms with Gasteiger partial charge in [0.2, 0.25) is 0 Å². The zero-order chi connectivity index (χ0) is 12.9. The first kappa shape index (κ1) is 11.9. The van der Waals surface area contributed by atoms with Gasteiger partial charge in [-0.05, 0) is 38.0 Å². The van der Waals surface area contributed by atoms with Crippen molar-refractivity contribution in [3.05, 3.63) is 11.4 Å². The van der Waals surface area contributed by atoms with Crippen molar-refractivity contribution in [3.8, 4) is 0 Å². The molecule has 2 saturated heterocycles. The lowest BCUT2D eigenvalue weighted by atomic mass is 9.91. The smallest absolute Gasteiger partial charge is 0.128 e. The number of nitrogens with one attached hydrogen (secondary N) is 1. The zero-order valence-electron chi connectivity index (χ0n) is 11.4. The Bertz CT molecular complexity index is 387. The number of rotatable bonds is 1. The Morgan fingerprint density at radius 1 is 1.28 bits per heavy atom. The highest BCUT2D eigenvalue weighted by Crippen LogP contribution is 2.40. The fourth-order valence-corrected chi connectivity index (χ4v) is 3.97. The van der Waals surface area contributed by atoms with Gasteiger partial charge in [-0.2, -0.15) is 0 Å². The van der Waals surface area contributed by atoms with Gasteiger partial charge in [-0.3, -0.25) is 5.41 Å². The van der Waals surface area contributed by atoms with Crippen LogP contribution in [0.1, 0.15) is 39.0 Å². The Labute approximate surface area is 109 Å². The summed E-state index contributed by atoms with van der Waals surface area (Å²) in [4.78, 5) is 4.44. The van der Waals surface area contributed by atoms with E-state index in [-0.39, 0.29) is 0 Å². The van der Waals surface area contributed by atoms with Crippen LogP contribution in [0.5, 0.6) is 0 Å². The number of hydrogen-bond donors (Lipinski definition) is 2. The van der Waals surface area contributed by atoms with E-state index in [1.54, 1.807) is 0 Å². The fraction of sp³-hybridized carbons (Fsp3) is 0.786. The van der Waals surface area contributed by atoms with Gasteiger partial charge in [-0.25, -0.2) is 0 Å².